The second-order valence-corrected chi connectivity index (χ2v) is 3.81. The van der Waals surface area contributed by atoms with Gasteiger partial charge < -0.3 is 10.2 Å². The fraction of sp³-hybridized carbons (Fsp3) is 0.455. The maximum Gasteiger partial charge on any atom is 0.195 e. The van der Waals surface area contributed by atoms with Crippen molar-refractivity contribution in [1.29, 1.82) is 0 Å². The minimum atomic E-state index is 0.655. The molecule has 0 aliphatic carbocycles. The first-order valence-electron chi connectivity index (χ1n) is 5.36. The van der Waals surface area contributed by atoms with Crippen molar-refractivity contribution in [3.05, 3.63) is 23.8 Å². The molecule has 0 bridgehead atoms. The minimum Gasteiger partial charge on any atom is -0.439 e. The van der Waals surface area contributed by atoms with Crippen LogP contribution in [-0.4, -0.2) is 21.3 Å². The summed E-state index contributed by atoms with van der Waals surface area (Å²) in [4.78, 5) is 4.22. The van der Waals surface area contributed by atoms with Gasteiger partial charge in [-0.3, -0.25) is 4.68 Å². The van der Waals surface area contributed by atoms with Crippen molar-refractivity contribution in [2.45, 2.75) is 19.8 Å². The van der Waals surface area contributed by atoms with E-state index in [-0.39, 0.29) is 0 Å². The predicted molar refractivity (Wildman–Crippen MR) is 60.8 cm³/mol. The van der Waals surface area contributed by atoms with Crippen LogP contribution in [0, 0.1) is 6.92 Å². The zero-order valence-corrected chi connectivity index (χ0v) is 9.60. The molecule has 0 fully saturated rings. The summed E-state index contributed by atoms with van der Waals surface area (Å²) >= 11 is 0. The van der Waals surface area contributed by atoms with Crippen LogP contribution in [0.5, 0.6) is 0 Å². The molecule has 0 radical (unpaired) electrons. The molecule has 0 atom stereocenters. The van der Waals surface area contributed by atoms with E-state index in [1.165, 1.54) is 0 Å². The van der Waals surface area contributed by atoms with Crippen molar-refractivity contribution in [2.75, 3.05) is 6.54 Å². The Balaban J connectivity index is 2.21. The third-order valence-corrected chi connectivity index (χ3v) is 2.40. The molecule has 0 saturated carbocycles. The Hall–Kier alpha value is -1.62. The number of oxazole rings is 1. The van der Waals surface area contributed by atoms with E-state index in [1.807, 2.05) is 20.0 Å². The fourth-order valence-electron chi connectivity index (χ4n) is 1.64. The molecule has 0 saturated heterocycles. The summed E-state index contributed by atoms with van der Waals surface area (Å²) in [6.45, 7) is 2.61. The van der Waals surface area contributed by atoms with Gasteiger partial charge in [-0.25, -0.2) is 4.98 Å². The van der Waals surface area contributed by atoms with Crippen LogP contribution in [-0.2, 0) is 13.5 Å². The molecule has 2 rings (SSSR count). The summed E-state index contributed by atoms with van der Waals surface area (Å²) in [5.74, 6) is 1.49. The molecule has 2 aromatic rings. The molecule has 5 nitrogen and oxygen atoms in total. The lowest BCUT2D eigenvalue weighted by atomic mass is 10.3. The van der Waals surface area contributed by atoms with Crippen molar-refractivity contribution >= 4 is 0 Å². The lowest BCUT2D eigenvalue weighted by Crippen LogP contribution is -2.00. The van der Waals surface area contributed by atoms with Gasteiger partial charge in [0.2, 0.25) is 0 Å². The molecule has 2 heterocycles. The Morgan fingerprint density at radius 3 is 2.94 bits per heavy atom. The normalized spacial score (nSPS) is 10.9. The van der Waals surface area contributed by atoms with Gasteiger partial charge >= 0.3 is 0 Å². The van der Waals surface area contributed by atoms with Crippen LogP contribution in [0.15, 0.2) is 16.7 Å². The number of hydrogen-bond donors (Lipinski definition) is 1. The maximum absolute atomic E-state index is 5.64. The number of aromatic nitrogens is 3. The second-order valence-electron chi connectivity index (χ2n) is 3.81. The van der Waals surface area contributed by atoms with E-state index >= 15 is 0 Å². The smallest absolute Gasteiger partial charge is 0.195 e. The van der Waals surface area contributed by atoms with Crippen LogP contribution in [0.3, 0.4) is 0 Å². The summed E-state index contributed by atoms with van der Waals surface area (Å²) in [7, 11) is 1.89. The third kappa shape index (κ3) is 2.14. The monoisotopic (exact) mass is 220 g/mol. The Morgan fingerprint density at radius 2 is 2.31 bits per heavy atom. The van der Waals surface area contributed by atoms with E-state index in [0.29, 0.717) is 6.54 Å². The summed E-state index contributed by atoms with van der Waals surface area (Å²) in [6.07, 6.45) is 3.42. The molecule has 0 amide bonds. The van der Waals surface area contributed by atoms with E-state index in [2.05, 4.69) is 10.1 Å². The molecule has 2 aromatic heterocycles. The molecule has 0 aliphatic rings. The summed E-state index contributed by atoms with van der Waals surface area (Å²) in [6, 6.07) is 1.98. The molecule has 16 heavy (non-hydrogen) atoms. The molecule has 2 N–H and O–H groups in total. The van der Waals surface area contributed by atoms with Crippen LogP contribution >= 0.6 is 0 Å². The molecule has 0 aliphatic heterocycles. The highest BCUT2D eigenvalue weighted by Gasteiger charge is 2.10. The Kier molecular flexibility index (Phi) is 3.05. The number of nitrogens with zero attached hydrogens (tertiary/aromatic N) is 3. The average Bonchev–Trinajstić information content (AvgIpc) is 2.82. The summed E-state index contributed by atoms with van der Waals surface area (Å²) < 4.78 is 7.43. The molecule has 5 heteroatoms. The standard InChI is InChI=1S/C11H16N4O/c1-8-6-9(15(2)14-8)10-7-13-11(16-10)4-3-5-12/h6-7H,3-5,12H2,1-2H3. The van der Waals surface area contributed by atoms with E-state index in [9.17, 15) is 0 Å². The number of aryl methyl sites for hydroxylation is 3. The van der Waals surface area contributed by atoms with Crippen molar-refractivity contribution in [2.24, 2.45) is 12.8 Å². The van der Waals surface area contributed by atoms with E-state index < -0.39 is 0 Å². The SMILES string of the molecule is Cc1cc(-c2cnc(CCCN)o2)n(C)n1. The minimum absolute atomic E-state index is 0.655. The quantitative estimate of drug-likeness (QED) is 0.842. The predicted octanol–water partition coefficient (Wildman–Crippen LogP) is 1.27. The van der Waals surface area contributed by atoms with Gasteiger partial charge in [0, 0.05) is 13.5 Å². The van der Waals surface area contributed by atoms with Gasteiger partial charge in [-0.05, 0) is 26.0 Å². The van der Waals surface area contributed by atoms with Crippen molar-refractivity contribution in [3.8, 4) is 11.5 Å². The van der Waals surface area contributed by atoms with Crippen LogP contribution in [0.2, 0.25) is 0 Å². The second kappa shape index (κ2) is 4.49. The van der Waals surface area contributed by atoms with Crippen molar-refractivity contribution in [3.63, 3.8) is 0 Å². The topological polar surface area (TPSA) is 69.9 Å². The summed E-state index contributed by atoms with van der Waals surface area (Å²) in [5, 5.41) is 4.27. The zero-order chi connectivity index (χ0) is 11.5. The first-order chi connectivity index (χ1) is 7.70. The fourth-order valence-corrected chi connectivity index (χ4v) is 1.64. The van der Waals surface area contributed by atoms with Crippen LogP contribution < -0.4 is 5.73 Å². The highest BCUT2D eigenvalue weighted by molar-refractivity contribution is 5.51. The molecule has 0 unspecified atom stereocenters. The summed E-state index contributed by atoms with van der Waals surface area (Å²) in [5.41, 5.74) is 7.36. The third-order valence-electron chi connectivity index (χ3n) is 2.40. The van der Waals surface area contributed by atoms with Gasteiger partial charge in [0.15, 0.2) is 11.7 Å². The number of rotatable bonds is 4. The van der Waals surface area contributed by atoms with Crippen LogP contribution in [0.1, 0.15) is 18.0 Å². The van der Waals surface area contributed by atoms with Gasteiger partial charge in [-0.1, -0.05) is 0 Å². The van der Waals surface area contributed by atoms with Gasteiger partial charge in [0.1, 0.15) is 5.69 Å². The average molecular weight is 220 g/mol. The Bertz CT molecular complexity index is 472. The largest absolute Gasteiger partial charge is 0.439 e. The van der Waals surface area contributed by atoms with Crippen molar-refractivity contribution < 1.29 is 4.42 Å². The highest BCUT2D eigenvalue weighted by atomic mass is 16.4. The van der Waals surface area contributed by atoms with Gasteiger partial charge in [0.25, 0.3) is 0 Å². The number of hydrogen-bond acceptors (Lipinski definition) is 4. The molecular weight excluding hydrogens is 204 g/mol. The lowest BCUT2D eigenvalue weighted by molar-refractivity contribution is 0.495. The first-order valence-corrected chi connectivity index (χ1v) is 5.36. The van der Waals surface area contributed by atoms with Gasteiger partial charge in [-0.2, -0.15) is 5.10 Å². The van der Waals surface area contributed by atoms with Crippen LogP contribution in [0.4, 0.5) is 0 Å². The molecule has 86 valence electrons. The first kappa shape index (κ1) is 10.9. The van der Waals surface area contributed by atoms with E-state index in [0.717, 1.165) is 35.9 Å². The Morgan fingerprint density at radius 1 is 1.50 bits per heavy atom. The zero-order valence-electron chi connectivity index (χ0n) is 9.60. The lowest BCUT2D eigenvalue weighted by Gasteiger charge is -1.96. The molecule has 0 aromatic carbocycles. The number of nitrogens with two attached hydrogens (primary N) is 1. The van der Waals surface area contributed by atoms with Gasteiger partial charge in [-0.15, -0.1) is 0 Å². The van der Waals surface area contributed by atoms with Gasteiger partial charge in [0.05, 0.1) is 11.9 Å². The Labute approximate surface area is 94.3 Å². The van der Waals surface area contributed by atoms with Crippen molar-refractivity contribution in [1.82, 2.24) is 14.8 Å². The van der Waals surface area contributed by atoms with E-state index in [1.54, 1.807) is 10.9 Å². The highest BCUT2D eigenvalue weighted by Crippen LogP contribution is 2.20. The molecule has 0 spiro atoms. The maximum atomic E-state index is 5.64. The molecular formula is C11H16N4O. The van der Waals surface area contributed by atoms with Crippen LogP contribution in [0.25, 0.3) is 11.5 Å². The van der Waals surface area contributed by atoms with E-state index in [4.69, 9.17) is 10.2 Å².